The second-order valence-electron chi connectivity index (χ2n) is 3.16. The third-order valence-corrected chi connectivity index (χ3v) is 2.43. The molecule has 1 aromatic carbocycles. The number of rotatable bonds is 3. The van der Waals surface area contributed by atoms with Gasteiger partial charge in [-0.3, -0.25) is 0 Å². The first-order valence-corrected chi connectivity index (χ1v) is 4.95. The maximum atomic E-state index is 8.82. The highest BCUT2D eigenvalue weighted by Gasteiger charge is 2.06. The summed E-state index contributed by atoms with van der Waals surface area (Å²) in [6, 6.07) is 7.54. The van der Waals surface area contributed by atoms with E-state index in [1.807, 2.05) is 24.3 Å². The second-order valence-corrected chi connectivity index (χ2v) is 3.57. The first kappa shape index (κ1) is 10.2. The Morgan fingerprint density at radius 1 is 1.33 bits per heavy atom. The molecule has 1 N–H and O–H groups in total. The molecular formula is C11H10ClNO2. The molecule has 0 saturated heterocycles. The second kappa shape index (κ2) is 4.47. The number of benzene rings is 1. The molecular weight excluding hydrogens is 214 g/mol. The van der Waals surface area contributed by atoms with Gasteiger partial charge in [-0.1, -0.05) is 29.8 Å². The van der Waals surface area contributed by atoms with Crippen LogP contribution in [0.5, 0.6) is 0 Å². The molecule has 78 valence electrons. The number of oxazole rings is 1. The summed E-state index contributed by atoms with van der Waals surface area (Å²) in [4.78, 5) is 4.09. The summed E-state index contributed by atoms with van der Waals surface area (Å²) >= 11 is 6.00. The molecule has 0 atom stereocenters. The number of halogens is 1. The van der Waals surface area contributed by atoms with Gasteiger partial charge >= 0.3 is 0 Å². The highest BCUT2D eigenvalue weighted by Crippen LogP contribution is 2.18. The van der Waals surface area contributed by atoms with Crippen molar-refractivity contribution in [3.63, 3.8) is 0 Å². The lowest BCUT2D eigenvalue weighted by Crippen LogP contribution is -1.90. The zero-order chi connectivity index (χ0) is 10.7. The Balaban J connectivity index is 2.18. The van der Waals surface area contributed by atoms with Crippen molar-refractivity contribution in [2.24, 2.45) is 0 Å². The molecule has 3 nitrogen and oxygen atoms in total. The Labute approximate surface area is 92.3 Å². The van der Waals surface area contributed by atoms with Crippen molar-refractivity contribution in [1.29, 1.82) is 0 Å². The Morgan fingerprint density at radius 2 is 2.13 bits per heavy atom. The van der Waals surface area contributed by atoms with Crippen LogP contribution in [0.15, 0.2) is 34.9 Å². The van der Waals surface area contributed by atoms with Gasteiger partial charge in [-0.15, -0.1) is 0 Å². The lowest BCUT2D eigenvalue weighted by molar-refractivity contribution is 0.276. The van der Waals surface area contributed by atoms with E-state index in [0.717, 1.165) is 5.56 Å². The van der Waals surface area contributed by atoms with E-state index < -0.39 is 0 Å². The van der Waals surface area contributed by atoms with Gasteiger partial charge in [-0.2, -0.15) is 0 Å². The minimum absolute atomic E-state index is 0.105. The minimum atomic E-state index is -0.105. The van der Waals surface area contributed by atoms with E-state index >= 15 is 0 Å². The maximum absolute atomic E-state index is 8.82. The van der Waals surface area contributed by atoms with Crippen LogP contribution in [0.25, 0.3) is 0 Å². The summed E-state index contributed by atoms with van der Waals surface area (Å²) in [5.74, 6) is 0.562. The highest BCUT2D eigenvalue weighted by molar-refractivity contribution is 6.31. The van der Waals surface area contributed by atoms with E-state index in [0.29, 0.717) is 23.0 Å². The number of aromatic nitrogens is 1. The van der Waals surface area contributed by atoms with Gasteiger partial charge in [0.15, 0.2) is 5.89 Å². The summed E-state index contributed by atoms with van der Waals surface area (Å²) in [6.45, 7) is -0.105. The van der Waals surface area contributed by atoms with E-state index in [1.165, 1.54) is 6.26 Å². The molecule has 15 heavy (non-hydrogen) atoms. The van der Waals surface area contributed by atoms with Crippen LogP contribution in [0.4, 0.5) is 0 Å². The summed E-state index contributed by atoms with van der Waals surface area (Å²) in [7, 11) is 0. The Bertz CT molecular complexity index is 453. The van der Waals surface area contributed by atoms with Gasteiger partial charge in [0.1, 0.15) is 12.0 Å². The van der Waals surface area contributed by atoms with Gasteiger partial charge in [0.2, 0.25) is 0 Å². The van der Waals surface area contributed by atoms with E-state index in [1.54, 1.807) is 0 Å². The first-order valence-electron chi connectivity index (χ1n) is 4.57. The molecule has 0 amide bonds. The average molecular weight is 224 g/mol. The topological polar surface area (TPSA) is 46.3 Å². The number of aliphatic hydroxyl groups excluding tert-OH is 1. The standard InChI is InChI=1S/C11H10ClNO2/c12-10-4-2-1-3-8(10)5-11-13-9(6-14)7-15-11/h1-4,7,14H,5-6H2. The van der Waals surface area contributed by atoms with Crippen molar-refractivity contribution >= 4 is 11.6 Å². The minimum Gasteiger partial charge on any atom is -0.448 e. The number of aliphatic hydroxyl groups is 1. The third-order valence-electron chi connectivity index (χ3n) is 2.06. The molecule has 1 aromatic heterocycles. The van der Waals surface area contributed by atoms with Gasteiger partial charge in [0.25, 0.3) is 0 Å². The summed E-state index contributed by atoms with van der Waals surface area (Å²) in [5.41, 5.74) is 1.50. The average Bonchev–Trinajstić information content (AvgIpc) is 2.69. The van der Waals surface area contributed by atoms with Crippen LogP contribution >= 0.6 is 11.6 Å². The summed E-state index contributed by atoms with van der Waals surface area (Å²) < 4.78 is 5.18. The number of hydrogen-bond acceptors (Lipinski definition) is 3. The molecule has 0 bridgehead atoms. The van der Waals surface area contributed by atoms with Crippen molar-refractivity contribution in [3.05, 3.63) is 52.7 Å². The molecule has 2 rings (SSSR count). The fraction of sp³-hybridized carbons (Fsp3) is 0.182. The lowest BCUT2D eigenvalue weighted by atomic mass is 10.1. The zero-order valence-corrected chi connectivity index (χ0v) is 8.74. The number of nitrogens with zero attached hydrogens (tertiary/aromatic N) is 1. The van der Waals surface area contributed by atoms with Gasteiger partial charge < -0.3 is 9.52 Å². The largest absolute Gasteiger partial charge is 0.448 e. The molecule has 4 heteroatoms. The smallest absolute Gasteiger partial charge is 0.198 e. The predicted molar refractivity (Wildman–Crippen MR) is 56.7 cm³/mol. The van der Waals surface area contributed by atoms with Gasteiger partial charge in [-0.05, 0) is 11.6 Å². The van der Waals surface area contributed by atoms with Crippen LogP contribution < -0.4 is 0 Å². The van der Waals surface area contributed by atoms with E-state index in [-0.39, 0.29) is 6.61 Å². The third kappa shape index (κ3) is 2.37. The zero-order valence-electron chi connectivity index (χ0n) is 7.98. The van der Waals surface area contributed by atoms with Crippen molar-refractivity contribution < 1.29 is 9.52 Å². The van der Waals surface area contributed by atoms with Crippen molar-refractivity contribution in [2.75, 3.05) is 0 Å². The quantitative estimate of drug-likeness (QED) is 0.869. The first-order chi connectivity index (χ1) is 7.29. The molecule has 0 spiro atoms. The molecule has 0 radical (unpaired) electrons. The normalized spacial score (nSPS) is 10.5. The van der Waals surface area contributed by atoms with E-state index in [9.17, 15) is 0 Å². The fourth-order valence-electron chi connectivity index (χ4n) is 1.31. The van der Waals surface area contributed by atoms with Crippen LogP contribution in [0.3, 0.4) is 0 Å². The molecule has 2 aromatic rings. The van der Waals surface area contributed by atoms with Crippen molar-refractivity contribution in [1.82, 2.24) is 4.98 Å². The van der Waals surface area contributed by atoms with Crippen LogP contribution in [-0.4, -0.2) is 10.1 Å². The van der Waals surface area contributed by atoms with Gasteiger partial charge in [0.05, 0.1) is 13.0 Å². The summed E-state index contributed by atoms with van der Waals surface area (Å²) in [6.07, 6.45) is 1.99. The van der Waals surface area contributed by atoms with E-state index in [4.69, 9.17) is 21.1 Å². The number of hydrogen-bond donors (Lipinski definition) is 1. The van der Waals surface area contributed by atoms with Gasteiger partial charge in [0, 0.05) is 5.02 Å². The lowest BCUT2D eigenvalue weighted by Gasteiger charge is -1.99. The molecule has 1 heterocycles. The molecule has 0 aliphatic heterocycles. The Kier molecular flexibility index (Phi) is 3.04. The van der Waals surface area contributed by atoms with Gasteiger partial charge in [-0.25, -0.2) is 4.98 Å². The summed E-state index contributed by atoms with van der Waals surface area (Å²) in [5, 5.41) is 9.52. The highest BCUT2D eigenvalue weighted by atomic mass is 35.5. The van der Waals surface area contributed by atoms with Crippen LogP contribution in [0, 0.1) is 0 Å². The van der Waals surface area contributed by atoms with Crippen LogP contribution in [-0.2, 0) is 13.0 Å². The van der Waals surface area contributed by atoms with E-state index in [2.05, 4.69) is 4.98 Å². The maximum Gasteiger partial charge on any atom is 0.198 e. The molecule has 0 fully saturated rings. The molecule has 0 unspecified atom stereocenters. The fourth-order valence-corrected chi connectivity index (χ4v) is 1.51. The molecule has 0 aliphatic carbocycles. The van der Waals surface area contributed by atoms with Crippen LogP contribution in [0.2, 0.25) is 5.02 Å². The van der Waals surface area contributed by atoms with Crippen molar-refractivity contribution in [3.8, 4) is 0 Å². The Morgan fingerprint density at radius 3 is 2.80 bits per heavy atom. The van der Waals surface area contributed by atoms with Crippen molar-refractivity contribution in [2.45, 2.75) is 13.0 Å². The molecule has 0 saturated carbocycles. The predicted octanol–water partition coefficient (Wildman–Crippen LogP) is 2.41. The monoisotopic (exact) mass is 223 g/mol. The Hall–Kier alpha value is -1.32. The molecule has 0 aliphatic rings. The van der Waals surface area contributed by atoms with Crippen LogP contribution in [0.1, 0.15) is 17.1 Å². The SMILES string of the molecule is OCc1coc(Cc2ccccc2Cl)n1.